The fraction of sp³-hybridized carbons (Fsp3) is 0.833. The Balaban J connectivity index is 0.00000169. The van der Waals surface area contributed by atoms with Crippen LogP contribution in [0, 0.1) is 0 Å². The molecular weight excluding hydrogens is 207 g/mol. The molecule has 14 heavy (non-hydrogen) atoms. The van der Waals surface area contributed by atoms with Gasteiger partial charge in [-0.1, -0.05) is 0 Å². The molecule has 0 aliphatic carbocycles. The maximum absolute atomic E-state index is 10.4. The fourth-order valence-corrected chi connectivity index (χ4v) is 1.52. The molecule has 0 saturated carbocycles. The van der Waals surface area contributed by atoms with Crippen LogP contribution in [0.15, 0.2) is 0 Å². The van der Waals surface area contributed by atoms with Crippen molar-refractivity contribution in [1.82, 2.24) is 0 Å². The predicted octanol–water partition coefficient (Wildman–Crippen LogP) is -3.15. The zero-order valence-electron chi connectivity index (χ0n) is 7.76. The Morgan fingerprint density at radius 3 is 2.57 bits per heavy atom. The Labute approximate surface area is 93.9 Å². The first kappa shape index (κ1) is 13.8. The second kappa shape index (κ2) is 5.61. The molecule has 1 unspecified atom stereocenters. The number of carbonyl (C=O) groups is 1. The minimum Gasteiger partial charge on any atom is -0.748 e. The third-order valence-corrected chi connectivity index (χ3v) is 2.36. The summed E-state index contributed by atoms with van der Waals surface area (Å²) in [5.41, 5.74) is 0. The zero-order chi connectivity index (χ0) is 9.90. The maximum Gasteiger partial charge on any atom is 1.00 e. The van der Waals surface area contributed by atoms with Crippen molar-refractivity contribution in [1.29, 1.82) is 0 Å². The largest absolute Gasteiger partial charge is 1.00 e. The van der Waals surface area contributed by atoms with Crippen LogP contribution in [0.5, 0.6) is 0 Å². The summed E-state index contributed by atoms with van der Waals surface area (Å²) >= 11 is 0. The molecule has 1 atom stereocenters. The van der Waals surface area contributed by atoms with E-state index in [9.17, 15) is 17.8 Å². The van der Waals surface area contributed by atoms with E-state index in [1.807, 2.05) is 0 Å². The van der Waals surface area contributed by atoms with Crippen molar-refractivity contribution in [2.45, 2.75) is 18.9 Å². The molecule has 0 aromatic carbocycles. The summed E-state index contributed by atoms with van der Waals surface area (Å²) in [6, 6.07) is 0. The van der Waals surface area contributed by atoms with Gasteiger partial charge in [0.2, 0.25) is 0 Å². The minimum atomic E-state index is -4.16. The van der Waals surface area contributed by atoms with Gasteiger partial charge >= 0.3 is 25.0 Å². The summed E-state index contributed by atoms with van der Waals surface area (Å²) in [6.07, 6.45) is -0.621. The van der Waals surface area contributed by atoms with Gasteiger partial charge in [-0.15, -0.1) is 0 Å². The SMILES string of the molecule is O=C1OCC(CCCS(=O)(=O)[O-])O1.[Li+]. The second-order valence-corrected chi connectivity index (χ2v) is 4.23. The van der Waals surface area contributed by atoms with Crippen LogP contribution in [-0.2, 0) is 19.6 Å². The molecule has 0 radical (unpaired) electrons. The van der Waals surface area contributed by atoms with Gasteiger partial charge in [-0.25, -0.2) is 13.2 Å². The molecule has 0 spiro atoms. The molecule has 8 heteroatoms. The molecule has 0 aromatic heterocycles. The molecular formula is C6H9LiO6S. The van der Waals surface area contributed by atoms with E-state index in [4.69, 9.17) is 0 Å². The number of hydrogen-bond donors (Lipinski definition) is 0. The monoisotopic (exact) mass is 216 g/mol. The molecule has 0 N–H and O–H groups in total. The summed E-state index contributed by atoms with van der Waals surface area (Å²) in [5, 5.41) is 0. The molecule has 1 rings (SSSR count). The zero-order valence-corrected chi connectivity index (χ0v) is 8.58. The van der Waals surface area contributed by atoms with Crippen LogP contribution < -0.4 is 18.9 Å². The quantitative estimate of drug-likeness (QED) is 0.280. The minimum absolute atomic E-state index is 0. The first-order valence-electron chi connectivity index (χ1n) is 3.74. The van der Waals surface area contributed by atoms with Crippen molar-refractivity contribution >= 4 is 16.3 Å². The number of carbonyl (C=O) groups excluding carboxylic acids is 1. The molecule has 76 valence electrons. The molecule has 1 aliphatic rings. The Morgan fingerprint density at radius 1 is 1.50 bits per heavy atom. The summed E-state index contributed by atoms with van der Waals surface area (Å²) in [5.74, 6) is -0.430. The molecule has 1 saturated heterocycles. The van der Waals surface area contributed by atoms with Crippen LogP contribution in [0.25, 0.3) is 0 Å². The van der Waals surface area contributed by atoms with Crippen molar-refractivity contribution in [2.75, 3.05) is 12.4 Å². The van der Waals surface area contributed by atoms with Gasteiger partial charge in [0.15, 0.2) is 0 Å². The molecule has 1 heterocycles. The Morgan fingerprint density at radius 2 is 2.14 bits per heavy atom. The number of rotatable bonds is 4. The standard InChI is InChI=1S/C6H10O6S.Li/c7-6-11-4-5(12-6)2-1-3-13(8,9)10;/h5H,1-4H2,(H,8,9,10);/q;+1/p-1. The van der Waals surface area contributed by atoms with Crippen molar-refractivity contribution < 1.29 is 46.1 Å². The first-order valence-corrected chi connectivity index (χ1v) is 5.32. The molecule has 0 amide bonds. The Hall–Kier alpha value is -0.223. The summed E-state index contributed by atoms with van der Waals surface area (Å²) in [4.78, 5) is 10.4. The van der Waals surface area contributed by atoms with Crippen molar-refractivity contribution in [3.05, 3.63) is 0 Å². The predicted molar refractivity (Wildman–Crippen MR) is 40.0 cm³/mol. The third-order valence-electron chi connectivity index (χ3n) is 1.57. The average molecular weight is 216 g/mol. The van der Waals surface area contributed by atoms with E-state index < -0.39 is 28.1 Å². The van der Waals surface area contributed by atoms with Crippen LogP contribution in [-0.4, -0.2) is 37.6 Å². The van der Waals surface area contributed by atoms with E-state index in [0.29, 0.717) is 6.42 Å². The number of ether oxygens (including phenoxy) is 2. The summed E-state index contributed by atoms with van der Waals surface area (Å²) in [7, 11) is -4.16. The van der Waals surface area contributed by atoms with Crippen LogP contribution in [0.4, 0.5) is 4.79 Å². The van der Waals surface area contributed by atoms with Gasteiger partial charge in [0.05, 0.1) is 10.1 Å². The number of cyclic esters (lactones) is 2. The van der Waals surface area contributed by atoms with Crippen molar-refractivity contribution in [3.63, 3.8) is 0 Å². The van der Waals surface area contributed by atoms with Crippen LogP contribution in [0.1, 0.15) is 12.8 Å². The van der Waals surface area contributed by atoms with E-state index in [1.165, 1.54) is 0 Å². The topological polar surface area (TPSA) is 92.7 Å². The van der Waals surface area contributed by atoms with Gasteiger partial charge in [0, 0.05) is 5.75 Å². The van der Waals surface area contributed by atoms with Crippen LogP contribution in [0.3, 0.4) is 0 Å². The normalized spacial score (nSPS) is 20.9. The van der Waals surface area contributed by atoms with Gasteiger partial charge in [-0.3, -0.25) is 0 Å². The van der Waals surface area contributed by atoms with Crippen molar-refractivity contribution in [3.8, 4) is 0 Å². The van der Waals surface area contributed by atoms with Gasteiger partial charge < -0.3 is 14.0 Å². The van der Waals surface area contributed by atoms with E-state index in [0.717, 1.165) is 0 Å². The number of hydrogen-bond acceptors (Lipinski definition) is 6. The Kier molecular flexibility index (Phi) is 5.52. The van der Waals surface area contributed by atoms with Gasteiger partial charge in [0.1, 0.15) is 12.7 Å². The second-order valence-electron chi connectivity index (χ2n) is 2.70. The Bertz CT molecular complexity index is 287. The molecule has 0 aromatic rings. The van der Waals surface area contributed by atoms with E-state index >= 15 is 0 Å². The van der Waals surface area contributed by atoms with Gasteiger partial charge in [0.25, 0.3) is 0 Å². The molecule has 6 nitrogen and oxygen atoms in total. The van der Waals surface area contributed by atoms with Gasteiger partial charge in [-0.05, 0) is 12.8 Å². The van der Waals surface area contributed by atoms with Crippen LogP contribution in [0.2, 0.25) is 0 Å². The fourth-order valence-electron chi connectivity index (χ4n) is 0.995. The maximum atomic E-state index is 10.4. The summed E-state index contributed by atoms with van der Waals surface area (Å²) in [6.45, 7) is 0.137. The first-order chi connectivity index (χ1) is 5.97. The van der Waals surface area contributed by atoms with Gasteiger partial charge in [-0.2, -0.15) is 0 Å². The molecule has 1 aliphatic heterocycles. The smallest absolute Gasteiger partial charge is 0.748 e. The summed E-state index contributed by atoms with van der Waals surface area (Å²) < 4.78 is 39.6. The van der Waals surface area contributed by atoms with E-state index in [2.05, 4.69) is 9.47 Å². The van der Waals surface area contributed by atoms with Crippen LogP contribution >= 0.6 is 0 Å². The van der Waals surface area contributed by atoms with Crippen molar-refractivity contribution in [2.24, 2.45) is 0 Å². The molecule has 0 bridgehead atoms. The molecule has 1 fully saturated rings. The third kappa shape index (κ3) is 5.50. The van der Waals surface area contributed by atoms with E-state index in [-0.39, 0.29) is 31.9 Å². The average Bonchev–Trinajstić information content (AvgIpc) is 2.33. The van der Waals surface area contributed by atoms with E-state index in [1.54, 1.807) is 0 Å².